The highest BCUT2D eigenvalue weighted by Gasteiger charge is 2.19. The predicted molar refractivity (Wildman–Crippen MR) is 74.7 cm³/mol. The van der Waals surface area contributed by atoms with Crippen LogP contribution in [0.15, 0.2) is 58.0 Å². The van der Waals surface area contributed by atoms with Gasteiger partial charge in [-0.05, 0) is 35.4 Å². The van der Waals surface area contributed by atoms with E-state index in [2.05, 4.69) is 11.7 Å². The van der Waals surface area contributed by atoms with Crippen molar-refractivity contribution in [1.82, 2.24) is 5.16 Å². The Bertz CT molecular complexity index is 713. The van der Waals surface area contributed by atoms with Crippen molar-refractivity contribution in [1.29, 1.82) is 0 Å². The molecule has 19 heavy (non-hydrogen) atoms. The SMILES string of the molecule is C=Cc1onc(-c2ccc(Cl)o2)c1-c1ccccc1. The van der Waals surface area contributed by atoms with Crippen molar-refractivity contribution in [2.24, 2.45) is 0 Å². The van der Waals surface area contributed by atoms with Gasteiger partial charge in [-0.1, -0.05) is 42.1 Å². The van der Waals surface area contributed by atoms with Gasteiger partial charge in [-0.2, -0.15) is 0 Å². The number of nitrogens with zero attached hydrogens (tertiary/aromatic N) is 1. The number of rotatable bonds is 3. The first-order valence-electron chi connectivity index (χ1n) is 5.73. The molecule has 0 amide bonds. The third kappa shape index (κ3) is 2.09. The molecule has 0 saturated carbocycles. The fourth-order valence-electron chi connectivity index (χ4n) is 1.94. The summed E-state index contributed by atoms with van der Waals surface area (Å²) in [6, 6.07) is 13.3. The summed E-state index contributed by atoms with van der Waals surface area (Å²) < 4.78 is 10.7. The molecule has 0 bridgehead atoms. The van der Waals surface area contributed by atoms with Crippen LogP contribution in [-0.2, 0) is 0 Å². The molecule has 0 saturated heterocycles. The van der Waals surface area contributed by atoms with E-state index >= 15 is 0 Å². The number of hydrogen-bond acceptors (Lipinski definition) is 3. The van der Waals surface area contributed by atoms with Crippen LogP contribution in [0.4, 0.5) is 0 Å². The lowest BCUT2D eigenvalue weighted by Gasteiger charge is -2.00. The second-order valence-corrected chi connectivity index (χ2v) is 4.32. The summed E-state index contributed by atoms with van der Waals surface area (Å²) in [6.07, 6.45) is 1.63. The highest BCUT2D eigenvalue weighted by molar-refractivity contribution is 6.29. The summed E-state index contributed by atoms with van der Waals surface area (Å²) in [4.78, 5) is 0. The zero-order valence-electron chi connectivity index (χ0n) is 9.97. The van der Waals surface area contributed by atoms with Gasteiger partial charge >= 0.3 is 0 Å². The van der Waals surface area contributed by atoms with E-state index in [1.165, 1.54) is 0 Å². The van der Waals surface area contributed by atoms with Crippen LogP contribution in [0.25, 0.3) is 28.7 Å². The minimum absolute atomic E-state index is 0.317. The van der Waals surface area contributed by atoms with Crippen molar-refractivity contribution in [3.8, 4) is 22.6 Å². The Balaban J connectivity index is 2.22. The molecule has 0 atom stereocenters. The van der Waals surface area contributed by atoms with Crippen molar-refractivity contribution >= 4 is 17.7 Å². The maximum atomic E-state index is 5.80. The van der Waals surface area contributed by atoms with Crippen LogP contribution in [-0.4, -0.2) is 5.16 Å². The Morgan fingerprint density at radius 2 is 1.89 bits per heavy atom. The van der Waals surface area contributed by atoms with Crippen molar-refractivity contribution in [2.75, 3.05) is 0 Å². The van der Waals surface area contributed by atoms with Gasteiger partial charge in [0.25, 0.3) is 0 Å². The second-order valence-electron chi connectivity index (χ2n) is 3.94. The van der Waals surface area contributed by atoms with E-state index in [1.54, 1.807) is 18.2 Å². The Kier molecular flexibility index (Phi) is 2.97. The van der Waals surface area contributed by atoms with Crippen LogP contribution in [0.2, 0.25) is 5.22 Å². The Morgan fingerprint density at radius 1 is 1.11 bits per heavy atom. The molecule has 0 radical (unpaired) electrons. The molecule has 3 rings (SSSR count). The van der Waals surface area contributed by atoms with E-state index in [1.807, 2.05) is 30.3 Å². The number of aromatic nitrogens is 1. The van der Waals surface area contributed by atoms with Crippen LogP contribution in [0.3, 0.4) is 0 Å². The molecule has 94 valence electrons. The monoisotopic (exact) mass is 271 g/mol. The number of furan rings is 1. The van der Waals surface area contributed by atoms with Gasteiger partial charge in [0, 0.05) is 0 Å². The number of hydrogen-bond donors (Lipinski definition) is 0. The van der Waals surface area contributed by atoms with Gasteiger partial charge in [-0.3, -0.25) is 0 Å². The summed E-state index contributed by atoms with van der Waals surface area (Å²) in [6.45, 7) is 3.74. The fraction of sp³-hybridized carbons (Fsp3) is 0. The summed E-state index contributed by atoms with van der Waals surface area (Å²) in [5, 5.41) is 4.37. The second kappa shape index (κ2) is 4.78. The molecule has 0 spiro atoms. The van der Waals surface area contributed by atoms with Crippen LogP contribution in [0, 0.1) is 0 Å². The topological polar surface area (TPSA) is 39.2 Å². The first kappa shape index (κ1) is 11.8. The third-order valence-corrected chi connectivity index (χ3v) is 2.98. The van der Waals surface area contributed by atoms with Crippen molar-refractivity contribution in [3.63, 3.8) is 0 Å². The van der Waals surface area contributed by atoms with Gasteiger partial charge in [0.05, 0.1) is 5.56 Å². The van der Waals surface area contributed by atoms with Gasteiger partial charge in [0.2, 0.25) is 0 Å². The molecule has 0 aliphatic rings. The summed E-state index contributed by atoms with van der Waals surface area (Å²) in [5.41, 5.74) is 2.45. The van der Waals surface area contributed by atoms with Gasteiger partial charge in [-0.15, -0.1) is 0 Å². The maximum Gasteiger partial charge on any atom is 0.194 e. The minimum Gasteiger partial charge on any atom is -0.443 e. The molecule has 0 N–H and O–H groups in total. The van der Waals surface area contributed by atoms with Crippen LogP contribution >= 0.6 is 11.6 Å². The normalized spacial score (nSPS) is 10.6. The van der Waals surface area contributed by atoms with Gasteiger partial charge in [0.1, 0.15) is 0 Å². The van der Waals surface area contributed by atoms with Gasteiger partial charge in [-0.25, -0.2) is 0 Å². The number of halogens is 1. The molecule has 0 aliphatic heterocycles. The highest BCUT2D eigenvalue weighted by atomic mass is 35.5. The molecule has 3 aromatic rings. The lowest BCUT2D eigenvalue weighted by Crippen LogP contribution is -1.82. The molecule has 2 aromatic heterocycles. The quantitative estimate of drug-likeness (QED) is 0.680. The van der Waals surface area contributed by atoms with E-state index in [-0.39, 0.29) is 0 Å². The van der Waals surface area contributed by atoms with E-state index < -0.39 is 0 Å². The van der Waals surface area contributed by atoms with Crippen molar-refractivity contribution in [2.45, 2.75) is 0 Å². The van der Waals surface area contributed by atoms with Gasteiger partial charge in [0.15, 0.2) is 22.4 Å². The van der Waals surface area contributed by atoms with E-state index in [0.717, 1.165) is 11.1 Å². The third-order valence-electron chi connectivity index (χ3n) is 2.77. The van der Waals surface area contributed by atoms with E-state index in [0.29, 0.717) is 22.4 Å². The summed E-state index contributed by atoms with van der Waals surface area (Å²) >= 11 is 5.80. The van der Waals surface area contributed by atoms with Crippen LogP contribution in [0.1, 0.15) is 5.76 Å². The average molecular weight is 272 g/mol. The van der Waals surface area contributed by atoms with Crippen molar-refractivity contribution < 1.29 is 8.94 Å². The predicted octanol–water partition coefficient (Wildman–Crippen LogP) is 4.90. The molecule has 1 aromatic carbocycles. The minimum atomic E-state index is 0.317. The molecular weight excluding hydrogens is 262 g/mol. The smallest absolute Gasteiger partial charge is 0.194 e. The first-order chi connectivity index (χ1) is 9.29. The molecule has 2 heterocycles. The van der Waals surface area contributed by atoms with E-state index in [4.69, 9.17) is 20.5 Å². The fourth-order valence-corrected chi connectivity index (χ4v) is 2.08. The summed E-state index contributed by atoms with van der Waals surface area (Å²) in [5.74, 6) is 1.18. The molecule has 3 nitrogen and oxygen atoms in total. The zero-order valence-corrected chi connectivity index (χ0v) is 10.7. The average Bonchev–Trinajstić information content (AvgIpc) is 3.05. The van der Waals surface area contributed by atoms with Gasteiger partial charge < -0.3 is 8.94 Å². The zero-order chi connectivity index (χ0) is 13.2. The largest absolute Gasteiger partial charge is 0.443 e. The van der Waals surface area contributed by atoms with Crippen molar-refractivity contribution in [3.05, 3.63) is 60.0 Å². The maximum absolute atomic E-state index is 5.80. The lowest BCUT2D eigenvalue weighted by atomic mass is 10.0. The molecule has 0 aliphatic carbocycles. The Labute approximate surface area is 115 Å². The lowest BCUT2D eigenvalue weighted by molar-refractivity contribution is 0.413. The Morgan fingerprint density at radius 3 is 2.53 bits per heavy atom. The first-order valence-corrected chi connectivity index (χ1v) is 6.10. The van der Waals surface area contributed by atoms with E-state index in [9.17, 15) is 0 Å². The molecule has 0 unspecified atom stereocenters. The highest BCUT2D eigenvalue weighted by Crippen LogP contribution is 2.36. The Hall–Kier alpha value is -2.26. The molecular formula is C15H10ClNO2. The van der Waals surface area contributed by atoms with Crippen LogP contribution in [0.5, 0.6) is 0 Å². The van der Waals surface area contributed by atoms with Crippen LogP contribution < -0.4 is 0 Å². The summed E-state index contributed by atoms with van der Waals surface area (Å²) in [7, 11) is 0. The molecule has 0 fully saturated rings. The standard InChI is InChI=1S/C15H10ClNO2/c1-2-11-14(10-6-4-3-5-7-10)15(17-19-11)12-8-9-13(16)18-12/h2-9H,1H2. The molecule has 4 heteroatoms. The number of benzene rings is 1.